The fourth-order valence-corrected chi connectivity index (χ4v) is 3.29. The van der Waals surface area contributed by atoms with Crippen molar-refractivity contribution in [2.75, 3.05) is 12.4 Å². The average Bonchev–Trinajstić information content (AvgIpc) is 3.01. The predicted octanol–water partition coefficient (Wildman–Crippen LogP) is 4.38. The normalized spacial score (nSPS) is 12.0. The number of rotatable bonds is 3. The van der Waals surface area contributed by atoms with Gasteiger partial charge in [0.2, 0.25) is 0 Å². The van der Waals surface area contributed by atoms with Crippen molar-refractivity contribution in [3.63, 3.8) is 0 Å². The third-order valence-corrected chi connectivity index (χ3v) is 4.38. The zero-order chi connectivity index (χ0) is 14.9. The lowest BCUT2D eigenvalue weighted by molar-refractivity contribution is 0.481. The highest BCUT2D eigenvalue weighted by atomic mass is 32.1. The molecule has 0 atom stereocenters. The van der Waals surface area contributed by atoms with E-state index in [1.54, 1.807) is 11.3 Å². The summed E-state index contributed by atoms with van der Waals surface area (Å²) in [6.07, 6.45) is 0. The van der Waals surface area contributed by atoms with Gasteiger partial charge in [0.1, 0.15) is 5.01 Å². The third kappa shape index (κ3) is 2.34. The first-order valence-electron chi connectivity index (χ1n) is 7.11. The van der Waals surface area contributed by atoms with Crippen LogP contribution in [0.1, 0.15) is 5.01 Å². The Morgan fingerprint density at radius 3 is 2.91 bits per heavy atom. The lowest BCUT2D eigenvalue weighted by Gasteiger charge is -2.21. The number of nitrogens with zero attached hydrogens (tertiary/aromatic N) is 1. The number of hydrogen-bond donors (Lipinski definition) is 2. The summed E-state index contributed by atoms with van der Waals surface area (Å²) in [6, 6.07) is 14.1. The molecule has 2 heterocycles. The Morgan fingerprint density at radius 2 is 2.00 bits per heavy atom. The van der Waals surface area contributed by atoms with Crippen molar-refractivity contribution in [1.82, 2.24) is 10.3 Å². The van der Waals surface area contributed by atoms with Crippen LogP contribution in [0.25, 0.3) is 11.3 Å². The van der Waals surface area contributed by atoms with E-state index in [9.17, 15) is 0 Å². The van der Waals surface area contributed by atoms with Crippen molar-refractivity contribution >= 4 is 22.7 Å². The van der Waals surface area contributed by atoms with Crippen molar-refractivity contribution in [1.29, 1.82) is 0 Å². The smallest absolute Gasteiger partial charge is 0.151 e. The van der Waals surface area contributed by atoms with E-state index >= 15 is 0 Å². The molecule has 3 aromatic rings. The second kappa shape index (κ2) is 5.44. The number of anilines is 2. The number of nitrogens with one attached hydrogen (secondary N) is 2. The van der Waals surface area contributed by atoms with Gasteiger partial charge in [0.05, 0.1) is 17.1 Å². The molecule has 1 aliphatic rings. The minimum atomic E-state index is 0.796. The average molecular weight is 309 g/mol. The Hall–Kier alpha value is -2.37. The van der Waals surface area contributed by atoms with Crippen molar-refractivity contribution in [2.45, 2.75) is 6.54 Å². The SMILES string of the molecule is CNCc1nc(-c2ccc3c(c2)Nc2ccccc2O3)cs1. The van der Waals surface area contributed by atoms with Crippen LogP contribution in [0.2, 0.25) is 0 Å². The fourth-order valence-electron chi connectivity index (χ4n) is 2.47. The summed E-state index contributed by atoms with van der Waals surface area (Å²) < 4.78 is 5.92. The summed E-state index contributed by atoms with van der Waals surface area (Å²) in [5.41, 5.74) is 4.05. The Bertz CT molecular complexity index is 828. The first-order chi connectivity index (χ1) is 10.8. The minimum Gasteiger partial charge on any atom is -0.453 e. The molecule has 2 aromatic carbocycles. The lowest BCUT2D eigenvalue weighted by Crippen LogP contribution is -2.04. The van der Waals surface area contributed by atoms with Gasteiger partial charge in [0.15, 0.2) is 11.5 Å². The zero-order valence-corrected chi connectivity index (χ0v) is 12.9. The number of benzene rings is 2. The molecule has 2 N–H and O–H groups in total. The van der Waals surface area contributed by atoms with Gasteiger partial charge >= 0.3 is 0 Å². The van der Waals surface area contributed by atoms with E-state index in [0.717, 1.165) is 45.7 Å². The summed E-state index contributed by atoms with van der Waals surface area (Å²) in [6.45, 7) is 0.796. The molecule has 0 spiro atoms. The molecule has 5 heteroatoms. The van der Waals surface area contributed by atoms with E-state index < -0.39 is 0 Å². The van der Waals surface area contributed by atoms with Crippen LogP contribution in [0.3, 0.4) is 0 Å². The molecule has 0 saturated carbocycles. The highest BCUT2D eigenvalue weighted by molar-refractivity contribution is 7.09. The van der Waals surface area contributed by atoms with E-state index in [4.69, 9.17) is 4.74 Å². The largest absolute Gasteiger partial charge is 0.453 e. The minimum absolute atomic E-state index is 0.796. The monoisotopic (exact) mass is 309 g/mol. The van der Waals surface area contributed by atoms with Crippen molar-refractivity contribution in [2.24, 2.45) is 0 Å². The van der Waals surface area contributed by atoms with Gasteiger partial charge in [0, 0.05) is 17.5 Å². The predicted molar refractivity (Wildman–Crippen MR) is 90.1 cm³/mol. The van der Waals surface area contributed by atoms with Gasteiger partial charge in [-0.2, -0.15) is 0 Å². The molecule has 110 valence electrons. The molecule has 0 unspecified atom stereocenters. The molecule has 0 fully saturated rings. The maximum absolute atomic E-state index is 5.92. The number of thiazole rings is 1. The number of para-hydroxylation sites is 2. The van der Waals surface area contributed by atoms with Gasteiger partial charge in [-0.05, 0) is 37.4 Å². The molecule has 0 bridgehead atoms. The molecule has 0 radical (unpaired) electrons. The maximum Gasteiger partial charge on any atom is 0.151 e. The van der Waals surface area contributed by atoms with Crippen LogP contribution in [0, 0.1) is 0 Å². The van der Waals surface area contributed by atoms with Crippen LogP contribution in [0.15, 0.2) is 47.8 Å². The third-order valence-electron chi connectivity index (χ3n) is 3.53. The second-order valence-electron chi connectivity index (χ2n) is 5.09. The molecule has 1 aliphatic heterocycles. The molecular weight excluding hydrogens is 294 g/mol. The van der Waals surface area contributed by atoms with Gasteiger partial charge in [-0.3, -0.25) is 0 Å². The number of fused-ring (bicyclic) bond motifs is 2. The van der Waals surface area contributed by atoms with Crippen molar-refractivity contribution in [3.8, 4) is 22.8 Å². The summed E-state index contributed by atoms with van der Waals surface area (Å²) in [4.78, 5) is 4.65. The zero-order valence-electron chi connectivity index (χ0n) is 12.1. The Morgan fingerprint density at radius 1 is 1.14 bits per heavy atom. The molecule has 1 aromatic heterocycles. The number of aromatic nitrogens is 1. The Balaban J connectivity index is 1.67. The molecular formula is C17H15N3OS. The lowest BCUT2D eigenvalue weighted by atomic mass is 10.1. The molecule has 0 aliphatic carbocycles. The molecule has 4 nitrogen and oxygen atoms in total. The van der Waals surface area contributed by atoms with E-state index in [0.29, 0.717) is 0 Å². The van der Waals surface area contributed by atoms with Crippen molar-refractivity contribution < 1.29 is 4.74 Å². The van der Waals surface area contributed by atoms with Gasteiger partial charge < -0.3 is 15.4 Å². The summed E-state index contributed by atoms with van der Waals surface area (Å²) in [7, 11) is 1.93. The molecule has 4 rings (SSSR count). The van der Waals surface area contributed by atoms with Crippen LogP contribution in [0.4, 0.5) is 11.4 Å². The maximum atomic E-state index is 5.92. The molecule has 0 saturated heterocycles. The van der Waals surface area contributed by atoms with E-state index in [2.05, 4.69) is 27.1 Å². The quantitative estimate of drug-likeness (QED) is 0.589. The summed E-state index contributed by atoms with van der Waals surface area (Å²) in [5, 5.41) is 9.72. The molecule has 22 heavy (non-hydrogen) atoms. The van der Waals surface area contributed by atoms with Crippen LogP contribution < -0.4 is 15.4 Å². The first-order valence-corrected chi connectivity index (χ1v) is 7.99. The van der Waals surface area contributed by atoms with Crippen molar-refractivity contribution in [3.05, 3.63) is 52.9 Å². The van der Waals surface area contributed by atoms with Gasteiger partial charge in [-0.15, -0.1) is 11.3 Å². The van der Waals surface area contributed by atoms with E-state index in [1.807, 2.05) is 43.4 Å². The van der Waals surface area contributed by atoms with Crippen LogP contribution in [0.5, 0.6) is 11.5 Å². The van der Waals surface area contributed by atoms with E-state index in [-0.39, 0.29) is 0 Å². The van der Waals surface area contributed by atoms with Gasteiger partial charge in [-0.1, -0.05) is 12.1 Å². The highest BCUT2D eigenvalue weighted by Gasteiger charge is 2.17. The highest BCUT2D eigenvalue weighted by Crippen LogP contribution is 2.43. The summed E-state index contributed by atoms with van der Waals surface area (Å²) >= 11 is 1.67. The second-order valence-corrected chi connectivity index (χ2v) is 6.03. The van der Waals surface area contributed by atoms with Crippen LogP contribution in [-0.2, 0) is 6.54 Å². The van der Waals surface area contributed by atoms with Crippen LogP contribution >= 0.6 is 11.3 Å². The van der Waals surface area contributed by atoms with Gasteiger partial charge in [0.25, 0.3) is 0 Å². The Labute approximate surface area is 132 Å². The van der Waals surface area contributed by atoms with Crippen LogP contribution in [-0.4, -0.2) is 12.0 Å². The number of ether oxygens (including phenoxy) is 1. The van der Waals surface area contributed by atoms with Gasteiger partial charge in [-0.25, -0.2) is 4.98 Å². The number of hydrogen-bond acceptors (Lipinski definition) is 5. The Kier molecular flexibility index (Phi) is 3.29. The fraction of sp³-hybridized carbons (Fsp3) is 0.118. The molecule has 0 amide bonds. The summed E-state index contributed by atoms with van der Waals surface area (Å²) in [5.74, 6) is 1.70. The topological polar surface area (TPSA) is 46.2 Å². The van der Waals surface area contributed by atoms with E-state index in [1.165, 1.54) is 0 Å². The first kappa shape index (κ1) is 13.3. The standard InChI is InChI=1S/C17H15N3OS/c1-18-9-17-20-14(10-22-17)11-6-7-16-13(8-11)19-12-4-2-3-5-15(12)21-16/h2-8,10,18-19H,9H2,1H3.